The minimum Gasteiger partial charge on any atom is -0.339 e. The molecule has 0 aliphatic carbocycles. The second-order valence-corrected chi connectivity index (χ2v) is 3.70. The second kappa shape index (κ2) is 4.45. The first kappa shape index (κ1) is 10.2. The molecule has 0 aliphatic rings. The summed E-state index contributed by atoms with van der Waals surface area (Å²) in [4.78, 5) is 4.25. The highest BCUT2D eigenvalue weighted by molar-refractivity contribution is 6.17. The maximum Gasteiger partial charge on any atom is 0.228 e. The zero-order valence-corrected chi connectivity index (χ0v) is 9.16. The van der Waals surface area contributed by atoms with Crippen LogP contribution in [0.2, 0.25) is 0 Å². The smallest absolute Gasteiger partial charge is 0.228 e. The number of aryl methyl sites for hydroxylation is 2. The Labute approximate surface area is 93.1 Å². The van der Waals surface area contributed by atoms with Gasteiger partial charge in [0.15, 0.2) is 0 Å². The third kappa shape index (κ3) is 2.36. The summed E-state index contributed by atoms with van der Waals surface area (Å²) in [5, 5.41) is 3.90. The third-order valence-electron chi connectivity index (χ3n) is 2.05. The summed E-state index contributed by atoms with van der Waals surface area (Å²) < 4.78 is 5.05. The fourth-order valence-corrected chi connectivity index (χ4v) is 1.50. The Kier molecular flexibility index (Phi) is 3.02. The van der Waals surface area contributed by atoms with Crippen LogP contribution in [0.25, 0.3) is 11.4 Å². The van der Waals surface area contributed by atoms with Crippen LogP contribution in [0.15, 0.2) is 28.8 Å². The first-order chi connectivity index (χ1) is 7.29. The van der Waals surface area contributed by atoms with Gasteiger partial charge in [0.1, 0.15) is 0 Å². The van der Waals surface area contributed by atoms with Crippen LogP contribution in [0, 0.1) is 6.92 Å². The lowest BCUT2D eigenvalue weighted by molar-refractivity contribution is 0.383. The van der Waals surface area contributed by atoms with Gasteiger partial charge in [-0.1, -0.05) is 28.9 Å². The first-order valence-electron chi connectivity index (χ1n) is 4.75. The van der Waals surface area contributed by atoms with E-state index in [9.17, 15) is 0 Å². The number of aromatic nitrogens is 2. The van der Waals surface area contributed by atoms with E-state index in [1.807, 2.05) is 31.2 Å². The van der Waals surface area contributed by atoms with E-state index < -0.39 is 0 Å². The molecule has 1 aromatic carbocycles. The number of rotatable bonds is 3. The second-order valence-electron chi connectivity index (χ2n) is 3.32. The van der Waals surface area contributed by atoms with Crippen molar-refractivity contribution in [2.45, 2.75) is 13.3 Å². The molecule has 2 aromatic rings. The molecule has 2 rings (SSSR count). The summed E-state index contributed by atoms with van der Waals surface area (Å²) in [6.45, 7) is 2.03. The molecule has 3 nitrogen and oxygen atoms in total. The highest BCUT2D eigenvalue weighted by Gasteiger charge is 2.07. The number of hydrogen-bond donors (Lipinski definition) is 0. The van der Waals surface area contributed by atoms with Crippen LogP contribution in [0.5, 0.6) is 0 Å². The van der Waals surface area contributed by atoms with Gasteiger partial charge in [-0.25, -0.2) is 0 Å². The standard InChI is InChI=1S/C11H11ClN2O/c1-8-3-2-4-9(7-8)11-13-10(5-6-12)15-14-11/h2-4,7H,5-6H2,1H3. The fraction of sp³-hybridized carbons (Fsp3) is 0.273. The minimum absolute atomic E-state index is 0.495. The third-order valence-corrected chi connectivity index (χ3v) is 2.24. The van der Waals surface area contributed by atoms with E-state index in [-0.39, 0.29) is 0 Å². The molecule has 78 valence electrons. The molecular formula is C11H11ClN2O. The van der Waals surface area contributed by atoms with Crippen molar-refractivity contribution in [1.29, 1.82) is 0 Å². The van der Waals surface area contributed by atoms with Crippen LogP contribution in [-0.2, 0) is 6.42 Å². The lowest BCUT2D eigenvalue weighted by Gasteiger charge is -1.94. The van der Waals surface area contributed by atoms with Crippen LogP contribution in [0.1, 0.15) is 11.5 Å². The van der Waals surface area contributed by atoms with Gasteiger partial charge in [0.05, 0.1) is 0 Å². The van der Waals surface area contributed by atoms with Gasteiger partial charge >= 0.3 is 0 Å². The predicted octanol–water partition coefficient (Wildman–Crippen LogP) is 2.83. The van der Waals surface area contributed by atoms with Crippen molar-refractivity contribution >= 4 is 11.6 Å². The van der Waals surface area contributed by atoms with Gasteiger partial charge < -0.3 is 4.52 Å². The SMILES string of the molecule is Cc1cccc(-c2noc(CCCl)n2)c1. The summed E-state index contributed by atoms with van der Waals surface area (Å²) in [7, 11) is 0. The van der Waals surface area contributed by atoms with E-state index in [0.717, 1.165) is 5.56 Å². The van der Waals surface area contributed by atoms with Gasteiger partial charge in [-0.05, 0) is 13.0 Å². The summed E-state index contributed by atoms with van der Waals surface area (Å²) >= 11 is 5.59. The monoisotopic (exact) mass is 222 g/mol. The van der Waals surface area contributed by atoms with Gasteiger partial charge in [-0.15, -0.1) is 11.6 Å². The van der Waals surface area contributed by atoms with E-state index >= 15 is 0 Å². The van der Waals surface area contributed by atoms with Crippen molar-refractivity contribution in [3.63, 3.8) is 0 Å². The number of benzene rings is 1. The van der Waals surface area contributed by atoms with Crippen molar-refractivity contribution in [2.75, 3.05) is 5.88 Å². The Bertz CT molecular complexity index is 453. The molecule has 1 heterocycles. The Morgan fingerprint density at radius 1 is 1.40 bits per heavy atom. The normalized spacial score (nSPS) is 10.5. The molecule has 0 atom stereocenters. The lowest BCUT2D eigenvalue weighted by atomic mass is 10.1. The van der Waals surface area contributed by atoms with Crippen LogP contribution in [-0.4, -0.2) is 16.0 Å². The summed E-state index contributed by atoms with van der Waals surface area (Å²) in [5.74, 6) is 1.70. The largest absolute Gasteiger partial charge is 0.339 e. The Balaban J connectivity index is 2.29. The van der Waals surface area contributed by atoms with Crippen molar-refractivity contribution in [3.05, 3.63) is 35.7 Å². The van der Waals surface area contributed by atoms with Crippen molar-refractivity contribution in [3.8, 4) is 11.4 Å². The maximum absolute atomic E-state index is 5.59. The molecule has 0 amide bonds. The van der Waals surface area contributed by atoms with E-state index in [1.54, 1.807) is 0 Å². The molecule has 0 saturated heterocycles. The Morgan fingerprint density at radius 2 is 2.27 bits per heavy atom. The quantitative estimate of drug-likeness (QED) is 0.750. The van der Waals surface area contributed by atoms with Gasteiger partial charge in [0.2, 0.25) is 11.7 Å². The van der Waals surface area contributed by atoms with Gasteiger partial charge in [-0.2, -0.15) is 4.98 Å². The molecule has 0 bridgehead atoms. The Morgan fingerprint density at radius 3 is 3.00 bits per heavy atom. The van der Waals surface area contributed by atoms with Crippen LogP contribution in [0.3, 0.4) is 0 Å². The molecule has 15 heavy (non-hydrogen) atoms. The maximum atomic E-state index is 5.59. The van der Waals surface area contributed by atoms with Gasteiger partial charge in [0, 0.05) is 17.9 Å². The molecule has 0 saturated carbocycles. The number of alkyl halides is 1. The number of nitrogens with zero attached hydrogens (tertiary/aromatic N) is 2. The molecule has 0 spiro atoms. The summed E-state index contributed by atoms with van der Waals surface area (Å²) in [5.41, 5.74) is 2.15. The average molecular weight is 223 g/mol. The van der Waals surface area contributed by atoms with E-state index in [0.29, 0.717) is 24.0 Å². The minimum atomic E-state index is 0.495. The molecule has 4 heteroatoms. The fourth-order valence-electron chi connectivity index (χ4n) is 1.34. The van der Waals surface area contributed by atoms with E-state index in [4.69, 9.17) is 16.1 Å². The van der Waals surface area contributed by atoms with Crippen LogP contribution in [0.4, 0.5) is 0 Å². The van der Waals surface area contributed by atoms with Gasteiger partial charge in [0.25, 0.3) is 0 Å². The molecule has 0 aliphatic heterocycles. The van der Waals surface area contributed by atoms with Crippen molar-refractivity contribution in [1.82, 2.24) is 10.1 Å². The zero-order valence-electron chi connectivity index (χ0n) is 8.40. The summed E-state index contributed by atoms with van der Waals surface area (Å²) in [6, 6.07) is 7.99. The summed E-state index contributed by atoms with van der Waals surface area (Å²) in [6.07, 6.45) is 0.611. The highest BCUT2D eigenvalue weighted by atomic mass is 35.5. The average Bonchev–Trinajstić information content (AvgIpc) is 2.67. The number of halogens is 1. The highest BCUT2D eigenvalue weighted by Crippen LogP contribution is 2.16. The van der Waals surface area contributed by atoms with Crippen molar-refractivity contribution < 1.29 is 4.52 Å². The molecular weight excluding hydrogens is 212 g/mol. The number of hydrogen-bond acceptors (Lipinski definition) is 3. The van der Waals surface area contributed by atoms with Crippen LogP contribution >= 0.6 is 11.6 Å². The Hall–Kier alpha value is -1.35. The van der Waals surface area contributed by atoms with Crippen molar-refractivity contribution in [2.24, 2.45) is 0 Å². The predicted molar refractivity (Wildman–Crippen MR) is 58.9 cm³/mol. The molecule has 0 fully saturated rings. The molecule has 0 radical (unpaired) electrons. The molecule has 0 unspecified atom stereocenters. The molecule has 1 aromatic heterocycles. The van der Waals surface area contributed by atoms with E-state index in [2.05, 4.69) is 10.1 Å². The first-order valence-corrected chi connectivity index (χ1v) is 5.28. The molecule has 0 N–H and O–H groups in total. The van der Waals surface area contributed by atoms with Gasteiger partial charge in [-0.3, -0.25) is 0 Å². The van der Waals surface area contributed by atoms with E-state index in [1.165, 1.54) is 5.56 Å². The zero-order chi connectivity index (χ0) is 10.7. The lowest BCUT2D eigenvalue weighted by Crippen LogP contribution is -1.86. The topological polar surface area (TPSA) is 38.9 Å². The van der Waals surface area contributed by atoms with Crippen LogP contribution < -0.4 is 0 Å².